The number of nitrogens with one attached hydrogen (secondary N) is 1. The Morgan fingerprint density at radius 2 is 2.10 bits per heavy atom. The number of fused-ring (bicyclic) bond motifs is 1. The number of nitrogen functional groups attached to an aromatic ring is 1. The zero-order valence-corrected chi connectivity index (χ0v) is 11.1. The summed E-state index contributed by atoms with van der Waals surface area (Å²) in [5.41, 5.74) is 3.36. The van der Waals surface area contributed by atoms with Crippen LogP contribution in [-0.2, 0) is 18.0 Å². The first kappa shape index (κ1) is 13.5. The minimum Gasteiger partial charge on any atom is -0.466 e. The van der Waals surface area contributed by atoms with Crippen LogP contribution >= 0.6 is 0 Å². The monoisotopic (exact) mass is 290 g/mol. The summed E-state index contributed by atoms with van der Waals surface area (Å²) in [6.45, 7) is 0.903. The van der Waals surface area contributed by atoms with E-state index in [1.165, 1.54) is 6.26 Å². The lowest BCUT2D eigenvalue weighted by Crippen LogP contribution is -2.29. The van der Waals surface area contributed by atoms with Crippen LogP contribution in [0.5, 0.6) is 11.5 Å². The summed E-state index contributed by atoms with van der Waals surface area (Å²) >= 11 is 0. The maximum atomic E-state index is 11.3. The van der Waals surface area contributed by atoms with Crippen molar-refractivity contribution in [3.8, 4) is 11.5 Å². The number of rotatable bonds is 5. The third-order valence-electron chi connectivity index (χ3n) is 3.00. The number of carbonyl (C=O) groups is 1. The number of carbonyl (C=O) groups excluding carboxylic acids is 1. The fourth-order valence-corrected chi connectivity index (χ4v) is 1.96. The number of hydrogen-bond acceptors (Lipinski definition) is 6. The number of furan rings is 1. The second kappa shape index (κ2) is 5.86. The van der Waals surface area contributed by atoms with E-state index < -0.39 is 5.91 Å². The molecule has 3 rings (SSSR count). The summed E-state index contributed by atoms with van der Waals surface area (Å²) in [6, 6.07) is 7.21. The highest BCUT2D eigenvalue weighted by Crippen LogP contribution is 2.32. The van der Waals surface area contributed by atoms with Crippen LogP contribution in [0.1, 0.15) is 21.7 Å². The van der Waals surface area contributed by atoms with Gasteiger partial charge in [-0.1, -0.05) is 6.07 Å². The molecule has 0 bridgehead atoms. The predicted octanol–water partition coefficient (Wildman–Crippen LogP) is 1.33. The summed E-state index contributed by atoms with van der Waals surface area (Å²) < 4.78 is 21.3. The van der Waals surface area contributed by atoms with Gasteiger partial charge in [-0.15, -0.1) is 0 Å². The zero-order chi connectivity index (χ0) is 14.7. The van der Waals surface area contributed by atoms with E-state index in [2.05, 4.69) is 0 Å². The molecule has 1 amide bonds. The normalized spacial score (nSPS) is 12.4. The lowest BCUT2D eigenvalue weighted by Gasteiger charge is -2.03. The van der Waals surface area contributed by atoms with Gasteiger partial charge in [0.15, 0.2) is 11.5 Å². The summed E-state index contributed by atoms with van der Waals surface area (Å²) in [6.07, 6.45) is 1.33. The van der Waals surface area contributed by atoms with Gasteiger partial charge in [0.1, 0.15) is 18.6 Å². The van der Waals surface area contributed by atoms with Gasteiger partial charge in [-0.3, -0.25) is 10.2 Å². The average Bonchev–Trinajstić information content (AvgIpc) is 3.14. The second-order valence-electron chi connectivity index (χ2n) is 4.46. The standard InChI is InChI=1S/C14H14N2O5/c15-16-14(17)10-4-11(19-6-10)7-18-5-9-1-2-12-13(3-9)21-8-20-12/h1-4,6H,5,7-8,15H2,(H,16,17). The fourth-order valence-electron chi connectivity index (χ4n) is 1.96. The molecule has 0 spiro atoms. The largest absolute Gasteiger partial charge is 0.466 e. The highest BCUT2D eigenvalue weighted by molar-refractivity contribution is 5.93. The van der Waals surface area contributed by atoms with Crippen LogP contribution in [0.4, 0.5) is 0 Å². The van der Waals surface area contributed by atoms with Crippen molar-refractivity contribution in [1.29, 1.82) is 0 Å². The van der Waals surface area contributed by atoms with E-state index in [1.54, 1.807) is 6.07 Å². The Kier molecular flexibility index (Phi) is 3.76. The molecule has 0 saturated heterocycles. The molecule has 0 fully saturated rings. The lowest BCUT2D eigenvalue weighted by molar-refractivity contribution is 0.0928. The molecule has 1 aromatic heterocycles. The summed E-state index contributed by atoms with van der Waals surface area (Å²) in [7, 11) is 0. The summed E-state index contributed by atoms with van der Waals surface area (Å²) in [5, 5.41) is 0. The van der Waals surface area contributed by atoms with Gasteiger partial charge in [0.25, 0.3) is 5.91 Å². The average molecular weight is 290 g/mol. The van der Waals surface area contributed by atoms with Gasteiger partial charge in [-0.05, 0) is 23.8 Å². The molecule has 1 aliphatic rings. The Bertz CT molecular complexity index is 653. The molecular weight excluding hydrogens is 276 g/mol. The molecule has 1 aliphatic heterocycles. The molecule has 0 saturated carbocycles. The molecule has 2 aromatic rings. The molecule has 3 N–H and O–H groups in total. The Balaban J connectivity index is 1.54. The van der Waals surface area contributed by atoms with Crippen molar-refractivity contribution >= 4 is 5.91 Å². The lowest BCUT2D eigenvalue weighted by atomic mass is 10.2. The van der Waals surface area contributed by atoms with Crippen LogP contribution in [0.25, 0.3) is 0 Å². The van der Waals surface area contributed by atoms with Crippen LogP contribution in [0.3, 0.4) is 0 Å². The summed E-state index contributed by atoms with van der Waals surface area (Å²) in [4.78, 5) is 11.3. The maximum absolute atomic E-state index is 11.3. The van der Waals surface area contributed by atoms with Crippen molar-refractivity contribution in [3.05, 3.63) is 47.4 Å². The van der Waals surface area contributed by atoms with Crippen molar-refractivity contribution in [2.24, 2.45) is 5.84 Å². The Morgan fingerprint density at radius 3 is 2.95 bits per heavy atom. The SMILES string of the molecule is NNC(=O)c1coc(COCc2ccc3c(c2)OCO3)c1. The van der Waals surface area contributed by atoms with Gasteiger partial charge >= 0.3 is 0 Å². The van der Waals surface area contributed by atoms with Crippen LogP contribution < -0.4 is 20.7 Å². The Labute approximate surface area is 120 Å². The maximum Gasteiger partial charge on any atom is 0.268 e. The van der Waals surface area contributed by atoms with Gasteiger partial charge in [0.05, 0.1) is 12.2 Å². The van der Waals surface area contributed by atoms with Gasteiger partial charge in [0, 0.05) is 0 Å². The zero-order valence-electron chi connectivity index (χ0n) is 11.1. The third-order valence-corrected chi connectivity index (χ3v) is 3.00. The third kappa shape index (κ3) is 2.99. The van der Waals surface area contributed by atoms with E-state index in [0.717, 1.165) is 17.1 Å². The minimum absolute atomic E-state index is 0.248. The topological polar surface area (TPSA) is 96.0 Å². The van der Waals surface area contributed by atoms with E-state index in [9.17, 15) is 4.79 Å². The quantitative estimate of drug-likeness (QED) is 0.490. The van der Waals surface area contributed by atoms with Crippen molar-refractivity contribution < 1.29 is 23.4 Å². The number of nitrogens with two attached hydrogens (primary N) is 1. The number of benzene rings is 1. The van der Waals surface area contributed by atoms with E-state index >= 15 is 0 Å². The molecule has 7 heteroatoms. The second-order valence-corrected chi connectivity index (χ2v) is 4.46. The van der Waals surface area contributed by atoms with Crippen LogP contribution in [-0.4, -0.2) is 12.7 Å². The number of amides is 1. The van der Waals surface area contributed by atoms with E-state index in [1.807, 2.05) is 23.6 Å². The Hall–Kier alpha value is -2.51. The van der Waals surface area contributed by atoms with Crippen molar-refractivity contribution in [2.75, 3.05) is 6.79 Å². The van der Waals surface area contributed by atoms with Crippen LogP contribution in [0, 0.1) is 0 Å². The van der Waals surface area contributed by atoms with Gasteiger partial charge in [0.2, 0.25) is 6.79 Å². The van der Waals surface area contributed by atoms with Gasteiger partial charge in [-0.25, -0.2) is 5.84 Å². The smallest absolute Gasteiger partial charge is 0.268 e. The molecular formula is C14H14N2O5. The van der Waals surface area contributed by atoms with Crippen LogP contribution in [0.2, 0.25) is 0 Å². The molecule has 0 unspecified atom stereocenters. The number of hydrogen-bond donors (Lipinski definition) is 2. The molecule has 0 aliphatic carbocycles. The number of ether oxygens (including phenoxy) is 3. The fraction of sp³-hybridized carbons (Fsp3) is 0.214. The molecule has 21 heavy (non-hydrogen) atoms. The minimum atomic E-state index is -0.402. The summed E-state index contributed by atoms with van der Waals surface area (Å²) in [5.74, 6) is 6.64. The van der Waals surface area contributed by atoms with Gasteiger partial charge in [-0.2, -0.15) is 0 Å². The highest BCUT2D eigenvalue weighted by atomic mass is 16.7. The van der Waals surface area contributed by atoms with Crippen molar-refractivity contribution in [1.82, 2.24) is 5.43 Å². The molecule has 0 atom stereocenters. The molecule has 110 valence electrons. The first-order valence-corrected chi connectivity index (χ1v) is 6.31. The Morgan fingerprint density at radius 1 is 1.24 bits per heavy atom. The molecule has 7 nitrogen and oxygen atoms in total. The van der Waals surface area contributed by atoms with E-state index in [-0.39, 0.29) is 13.4 Å². The van der Waals surface area contributed by atoms with E-state index in [0.29, 0.717) is 17.9 Å². The van der Waals surface area contributed by atoms with Gasteiger partial charge < -0.3 is 18.6 Å². The molecule has 0 radical (unpaired) electrons. The van der Waals surface area contributed by atoms with Crippen molar-refractivity contribution in [2.45, 2.75) is 13.2 Å². The molecule has 1 aromatic carbocycles. The first-order chi connectivity index (χ1) is 10.3. The highest BCUT2D eigenvalue weighted by Gasteiger charge is 2.13. The van der Waals surface area contributed by atoms with E-state index in [4.69, 9.17) is 24.5 Å². The first-order valence-electron chi connectivity index (χ1n) is 6.31. The van der Waals surface area contributed by atoms with Crippen LogP contribution in [0.15, 0.2) is 34.9 Å². The molecule has 2 heterocycles. The number of hydrazine groups is 1. The predicted molar refractivity (Wildman–Crippen MR) is 71.4 cm³/mol. The van der Waals surface area contributed by atoms with Crippen molar-refractivity contribution in [3.63, 3.8) is 0 Å².